The lowest BCUT2D eigenvalue weighted by Gasteiger charge is -2.54. The van der Waals surface area contributed by atoms with E-state index in [1.807, 2.05) is 37.0 Å². The second kappa shape index (κ2) is 10.9. The van der Waals surface area contributed by atoms with Gasteiger partial charge >= 0.3 is 5.97 Å². The molecule has 1 aromatic heterocycles. The number of nitrogens with one attached hydrogen (secondary N) is 1. The second-order valence-electron chi connectivity index (χ2n) is 11.7. The number of carbonyl (C=O) groups excluding carboxylic acids is 1. The van der Waals surface area contributed by atoms with Crippen LogP contribution < -0.4 is 5.32 Å². The molecule has 212 valence electrons. The van der Waals surface area contributed by atoms with Crippen molar-refractivity contribution in [1.82, 2.24) is 9.78 Å². The number of halogens is 1. The SMILES string of the molecule is CC(OC=O)c1ccccc1Cl.CNc1c(C23CCC(c4ccc(C5(C(=O)O)CC5)cc4)(CC2)CC3)cnn1C. The fourth-order valence-electron chi connectivity index (χ4n) is 7.00. The summed E-state index contributed by atoms with van der Waals surface area (Å²) in [6, 6.07) is 15.9. The van der Waals surface area contributed by atoms with Gasteiger partial charge in [-0.2, -0.15) is 5.10 Å². The maximum absolute atomic E-state index is 11.6. The van der Waals surface area contributed by atoms with Gasteiger partial charge in [0.1, 0.15) is 11.9 Å². The summed E-state index contributed by atoms with van der Waals surface area (Å²) in [5, 5.41) is 18.0. The molecule has 1 atom stereocenters. The number of nitrogens with zero attached hydrogens (tertiary/aromatic N) is 2. The third-order valence-electron chi connectivity index (χ3n) is 9.81. The van der Waals surface area contributed by atoms with Crippen molar-refractivity contribution in [2.45, 2.75) is 80.6 Å². The zero-order chi connectivity index (χ0) is 28.5. The molecule has 0 amide bonds. The number of hydrogen-bond acceptors (Lipinski definition) is 5. The third kappa shape index (κ3) is 4.89. The van der Waals surface area contributed by atoms with Gasteiger partial charge in [0.25, 0.3) is 6.47 Å². The molecular weight excluding hydrogens is 526 g/mol. The normalized spacial score (nSPS) is 24.8. The topological polar surface area (TPSA) is 93.4 Å². The highest BCUT2D eigenvalue weighted by Crippen LogP contribution is 2.59. The number of anilines is 1. The first kappa shape index (κ1) is 28.2. The summed E-state index contributed by atoms with van der Waals surface area (Å²) >= 11 is 5.86. The molecule has 0 saturated heterocycles. The number of aromatic nitrogens is 2. The van der Waals surface area contributed by atoms with Crippen molar-refractivity contribution >= 4 is 29.9 Å². The standard InChI is InChI=1S/C23H29N3O2.C9H9ClO2/c1-24-19-18(15-25-26(19)2)22-10-7-21(8-11-22,9-12-22)16-3-5-17(6-4-16)23(13-14-23)20(27)28;1-7(12-6-11)8-4-2-3-5-9(8)10/h3-6,15,24H,7-14H2,1-2H3,(H,27,28);2-7H,1H3. The largest absolute Gasteiger partial charge is 0.481 e. The predicted octanol–water partition coefficient (Wildman–Crippen LogP) is 6.70. The number of aliphatic carboxylic acids is 1. The van der Waals surface area contributed by atoms with E-state index < -0.39 is 11.4 Å². The van der Waals surface area contributed by atoms with Crippen molar-refractivity contribution < 1.29 is 19.4 Å². The lowest BCUT2D eigenvalue weighted by Crippen LogP contribution is -2.46. The molecule has 4 aliphatic carbocycles. The van der Waals surface area contributed by atoms with Crippen molar-refractivity contribution in [2.24, 2.45) is 7.05 Å². The molecule has 7 rings (SSSR count). The predicted molar refractivity (Wildman–Crippen MR) is 156 cm³/mol. The van der Waals surface area contributed by atoms with Crippen molar-refractivity contribution in [3.63, 3.8) is 0 Å². The number of fused-ring (bicyclic) bond motifs is 3. The Kier molecular flexibility index (Phi) is 7.71. The summed E-state index contributed by atoms with van der Waals surface area (Å²) in [4.78, 5) is 21.6. The molecule has 0 radical (unpaired) electrons. The summed E-state index contributed by atoms with van der Waals surface area (Å²) in [6.07, 6.45) is 10.5. The average Bonchev–Trinajstić information content (AvgIpc) is 3.71. The van der Waals surface area contributed by atoms with Gasteiger partial charge in [-0.3, -0.25) is 14.3 Å². The fraction of sp³-hybridized carbons (Fsp3) is 0.469. The van der Waals surface area contributed by atoms with E-state index >= 15 is 0 Å². The van der Waals surface area contributed by atoms with Gasteiger partial charge in [-0.05, 0) is 80.9 Å². The van der Waals surface area contributed by atoms with Gasteiger partial charge in [-0.1, -0.05) is 54.1 Å². The minimum atomic E-state index is -0.671. The van der Waals surface area contributed by atoms with Gasteiger partial charge in [0.05, 0.1) is 11.6 Å². The van der Waals surface area contributed by atoms with E-state index in [1.54, 1.807) is 13.0 Å². The van der Waals surface area contributed by atoms with Crippen LogP contribution in [0.4, 0.5) is 5.82 Å². The molecule has 7 nitrogen and oxygen atoms in total. The van der Waals surface area contributed by atoms with Crippen LogP contribution in [-0.2, 0) is 37.6 Å². The van der Waals surface area contributed by atoms with E-state index in [2.05, 4.69) is 40.9 Å². The average molecular weight is 564 g/mol. The quantitative estimate of drug-likeness (QED) is 0.296. The number of carboxylic acids is 1. The molecule has 8 heteroatoms. The molecule has 2 bridgehead atoms. The van der Waals surface area contributed by atoms with E-state index in [4.69, 9.17) is 16.3 Å². The molecule has 2 aromatic carbocycles. The summed E-state index contributed by atoms with van der Waals surface area (Å²) in [5.74, 6) is 0.484. The van der Waals surface area contributed by atoms with Gasteiger partial charge in [0.15, 0.2) is 0 Å². The van der Waals surface area contributed by atoms with Crippen LogP contribution in [0, 0.1) is 0 Å². The van der Waals surface area contributed by atoms with Crippen molar-refractivity contribution in [1.29, 1.82) is 0 Å². The molecular formula is C32H38ClN3O4. The molecule has 3 aromatic rings. The van der Waals surface area contributed by atoms with E-state index in [0.717, 1.165) is 29.8 Å². The number of aryl methyl sites for hydroxylation is 1. The maximum atomic E-state index is 11.6. The molecule has 4 saturated carbocycles. The first-order chi connectivity index (χ1) is 19.2. The maximum Gasteiger partial charge on any atom is 0.314 e. The van der Waals surface area contributed by atoms with Crippen LogP contribution in [0.25, 0.3) is 0 Å². The van der Waals surface area contributed by atoms with Crippen LogP contribution in [0.1, 0.15) is 86.6 Å². The highest BCUT2D eigenvalue weighted by molar-refractivity contribution is 6.31. The molecule has 0 spiro atoms. The molecule has 2 N–H and O–H groups in total. The van der Waals surface area contributed by atoms with E-state index in [-0.39, 0.29) is 16.9 Å². The van der Waals surface area contributed by atoms with Crippen LogP contribution >= 0.6 is 11.6 Å². The first-order valence-corrected chi connectivity index (χ1v) is 14.5. The summed E-state index contributed by atoms with van der Waals surface area (Å²) < 4.78 is 6.70. The van der Waals surface area contributed by atoms with Gasteiger partial charge in [0, 0.05) is 35.7 Å². The Morgan fingerprint density at radius 3 is 2.10 bits per heavy atom. The van der Waals surface area contributed by atoms with Gasteiger partial charge in [-0.15, -0.1) is 0 Å². The summed E-state index contributed by atoms with van der Waals surface area (Å²) in [6.45, 7) is 2.20. The highest BCUT2D eigenvalue weighted by Gasteiger charge is 2.53. The zero-order valence-corrected chi connectivity index (χ0v) is 24.2. The van der Waals surface area contributed by atoms with Crippen LogP contribution in [0.3, 0.4) is 0 Å². The Bertz CT molecular complexity index is 1350. The van der Waals surface area contributed by atoms with Crippen molar-refractivity contribution in [2.75, 3.05) is 12.4 Å². The number of benzene rings is 2. The van der Waals surface area contributed by atoms with Crippen LogP contribution in [0.2, 0.25) is 5.02 Å². The molecule has 4 fully saturated rings. The third-order valence-corrected chi connectivity index (χ3v) is 10.1. The Balaban J connectivity index is 0.000000227. The Morgan fingerprint density at radius 2 is 1.57 bits per heavy atom. The Labute approximate surface area is 240 Å². The molecule has 0 aliphatic heterocycles. The molecule has 1 heterocycles. The lowest BCUT2D eigenvalue weighted by molar-refractivity contribution is -0.140. The smallest absolute Gasteiger partial charge is 0.314 e. The molecule has 40 heavy (non-hydrogen) atoms. The highest BCUT2D eigenvalue weighted by atomic mass is 35.5. The van der Waals surface area contributed by atoms with E-state index in [1.165, 1.54) is 49.7 Å². The van der Waals surface area contributed by atoms with Crippen LogP contribution in [-0.4, -0.2) is 34.4 Å². The Morgan fingerprint density at radius 1 is 1.00 bits per heavy atom. The number of ether oxygens (including phenoxy) is 1. The van der Waals surface area contributed by atoms with Crippen LogP contribution in [0.15, 0.2) is 54.7 Å². The van der Waals surface area contributed by atoms with E-state index in [9.17, 15) is 14.7 Å². The fourth-order valence-corrected chi connectivity index (χ4v) is 7.29. The number of carbonyl (C=O) groups is 2. The zero-order valence-electron chi connectivity index (χ0n) is 23.5. The van der Waals surface area contributed by atoms with Gasteiger partial charge < -0.3 is 15.2 Å². The minimum Gasteiger partial charge on any atom is -0.481 e. The Hall–Kier alpha value is -3.32. The van der Waals surface area contributed by atoms with Gasteiger partial charge in [-0.25, -0.2) is 0 Å². The molecule has 4 aliphatic rings. The summed E-state index contributed by atoms with van der Waals surface area (Å²) in [5.41, 5.74) is 4.53. The first-order valence-electron chi connectivity index (χ1n) is 14.1. The minimum absolute atomic E-state index is 0.260. The monoisotopic (exact) mass is 563 g/mol. The van der Waals surface area contributed by atoms with Crippen molar-refractivity contribution in [3.8, 4) is 0 Å². The number of hydrogen-bond donors (Lipinski definition) is 2. The molecule has 1 unspecified atom stereocenters. The lowest BCUT2D eigenvalue weighted by atomic mass is 9.50. The van der Waals surface area contributed by atoms with Gasteiger partial charge in [0.2, 0.25) is 0 Å². The van der Waals surface area contributed by atoms with E-state index in [0.29, 0.717) is 11.5 Å². The number of carboxylic acid groups (broad SMARTS) is 1. The summed E-state index contributed by atoms with van der Waals surface area (Å²) in [7, 11) is 3.99. The number of rotatable bonds is 8. The van der Waals surface area contributed by atoms with Crippen molar-refractivity contribution in [3.05, 3.63) is 82.0 Å². The second-order valence-corrected chi connectivity index (χ2v) is 12.1. The van der Waals surface area contributed by atoms with Crippen LogP contribution in [0.5, 0.6) is 0 Å².